The summed E-state index contributed by atoms with van der Waals surface area (Å²) in [4.78, 5) is 11.3. The fraction of sp³-hybridized carbons (Fsp3) is 0.500. The van der Waals surface area contributed by atoms with Crippen LogP contribution in [0.4, 0.5) is 0 Å². The first kappa shape index (κ1) is 15.0. The van der Waals surface area contributed by atoms with Gasteiger partial charge in [0.2, 0.25) is 0 Å². The number of nitrogens with two attached hydrogens (primary N) is 1. The number of carbonyl (C=O) groups is 1. The van der Waals surface area contributed by atoms with Gasteiger partial charge in [-0.15, -0.1) is 12.4 Å². The number of nitrogens with zero attached hydrogens (tertiary/aromatic N) is 1. The van der Waals surface area contributed by atoms with Gasteiger partial charge in [-0.05, 0) is 18.1 Å². The fourth-order valence-electron chi connectivity index (χ4n) is 1.42. The van der Waals surface area contributed by atoms with E-state index in [0.717, 1.165) is 5.56 Å². The van der Waals surface area contributed by atoms with Gasteiger partial charge in [-0.25, -0.2) is 4.79 Å². The average molecular weight is 249 g/mol. The van der Waals surface area contributed by atoms with Crippen molar-refractivity contribution in [3.8, 4) is 0 Å². The summed E-state index contributed by atoms with van der Waals surface area (Å²) < 4.78 is 6.31. The molecule has 0 aliphatic carbocycles. The molecule has 1 atom stereocenters. The molecule has 16 heavy (non-hydrogen) atoms. The monoisotopic (exact) mass is 248 g/mol. The van der Waals surface area contributed by atoms with E-state index in [0.29, 0.717) is 12.1 Å². The lowest BCUT2D eigenvalue weighted by Gasteiger charge is -2.04. The van der Waals surface area contributed by atoms with E-state index in [1.54, 1.807) is 17.7 Å². The Bertz CT molecular complexity index is 352. The van der Waals surface area contributed by atoms with Gasteiger partial charge in [-0.1, -0.05) is 0 Å². The number of aromatic nitrogens is 1. The maximum atomic E-state index is 11.3. The van der Waals surface area contributed by atoms with Crippen molar-refractivity contribution < 1.29 is 14.6 Å². The van der Waals surface area contributed by atoms with Crippen LogP contribution in [0.1, 0.15) is 16.1 Å². The minimum absolute atomic E-state index is 0. The smallest absolute Gasteiger partial charge is 0.354 e. The first-order valence-electron chi connectivity index (χ1n) is 4.68. The number of esters is 1. The van der Waals surface area contributed by atoms with Crippen molar-refractivity contribution in [3.63, 3.8) is 0 Å². The predicted octanol–water partition coefficient (Wildman–Crippen LogP) is 0.0956. The molecule has 1 rings (SSSR count). The Kier molecular flexibility index (Phi) is 6.10. The van der Waals surface area contributed by atoms with E-state index in [2.05, 4.69) is 4.74 Å². The van der Waals surface area contributed by atoms with E-state index >= 15 is 0 Å². The molecule has 0 amide bonds. The standard InChI is InChI=1S/C10H16N2O3.ClH/c1-12-5-7(3-8(11)6-13)4-9(12)10(14)15-2;/h4-5,8,13H,3,6,11H2,1-2H3;1H. The van der Waals surface area contributed by atoms with E-state index in [4.69, 9.17) is 10.8 Å². The topological polar surface area (TPSA) is 77.5 Å². The number of hydrogen-bond acceptors (Lipinski definition) is 4. The number of methoxy groups -OCH3 is 1. The zero-order valence-electron chi connectivity index (χ0n) is 9.34. The van der Waals surface area contributed by atoms with Crippen molar-refractivity contribution in [2.24, 2.45) is 12.8 Å². The molecule has 0 aliphatic heterocycles. The van der Waals surface area contributed by atoms with Gasteiger partial charge in [0.1, 0.15) is 5.69 Å². The summed E-state index contributed by atoms with van der Waals surface area (Å²) in [7, 11) is 3.11. The van der Waals surface area contributed by atoms with Crippen molar-refractivity contribution >= 4 is 18.4 Å². The van der Waals surface area contributed by atoms with Gasteiger partial charge in [0.25, 0.3) is 0 Å². The van der Waals surface area contributed by atoms with Crippen LogP contribution >= 0.6 is 12.4 Å². The van der Waals surface area contributed by atoms with Crippen LogP contribution in [0.15, 0.2) is 12.3 Å². The lowest BCUT2D eigenvalue weighted by atomic mass is 10.1. The van der Waals surface area contributed by atoms with Gasteiger partial charge in [0, 0.05) is 19.3 Å². The second-order valence-corrected chi connectivity index (χ2v) is 3.48. The number of rotatable bonds is 4. The van der Waals surface area contributed by atoms with Crippen LogP contribution in [0.3, 0.4) is 0 Å². The van der Waals surface area contributed by atoms with Gasteiger partial charge < -0.3 is 20.1 Å². The van der Waals surface area contributed by atoms with Crippen molar-refractivity contribution in [1.29, 1.82) is 0 Å². The third-order valence-electron chi connectivity index (χ3n) is 2.19. The van der Waals surface area contributed by atoms with Crippen molar-refractivity contribution in [1.82, 2.24) is 4.57 Å². The van der Waals surface area contributed by atoms with Crippen LogP contribution in [0, 0.1) is 0 Å². The Hall–Kier alpha value is -1.04. The molecule has 0 saturated heterocycles. The number of ether oxygens (including phenoxy) is 1. The minimum Gasteiger partial charge on any atom is -0.464 e. The molecule has 5 nitrogen and oxygen atoms in total. The number of aliphatic hydroxyl groups excluding tert-OH is 1. The summed E-state index contributed by atoms with van der Waals surface area (Å²) >= 11 is 0. The SMILES string of the molecule is COC(=O)c1cc(CC(N)CO)cn1C.Cl. The largest absolute Gasteiger partial charge is 0.464 e. The molecule has 1 aromatic heterocycles. The molecule has 0 bridgehead atoms. The van der Waals surface area contributed by atoms with Crippen LogP contribution in [0.2, 0.25) is 0 Å². The summed E-state index contributed by atoms with van der Waals surface area (Å²) in [5, 5.41) is 8.80. The lowest BCUT2D eigenvalue weighted by Crippen LogP contribution is -2.26. The second kappa shape index (κ2) is 6.52. The van der Waals surface area contributed by atoms with E-state index in [-0.39, 0.29) is 31.0 Å². The van der Waals surface area contributed by atoms with Crippen LogP contribution in [-0.4, -0.2) is 35.4 Å². The molecule has 1 aromatic rings. The minimum atomic E-state index is -0.374. The Balaban J connectivity index is 0.00000225. The highest BCUT2D eigenvalue weighted by molar-refractivity contribution is 5.87. The summed E-state index contributed by atoms with van der Waals surface area (Å²) in [5.41, 5.74) is 7.00. The molecule has 0 saturated carbocycles. The van der Waals surface area contributed by atoms with E-state index in [1.165, 1.54) is 7.11 Å². The molecule has 0 radical (unpaired) electrons. The van der Waals surface area contributed by atoms with Gasteiger partial charge in [-0.3, -0.25) is 0 Å². The fourth-order valence-corrected chi connectivity index (χ4v) is 1.42. The molecular weight excluding hydrogens is 232 g/mol. The number of carbonyl (C=O) groups excluding carboxylic acids is 1. The first-order valence-corrected chi connectivity index (χ1v) is 4.68. The summed E-state index contributed by atoms with van der Waals surface area (Å²) in [6, 6.07) is 1.43. The Morgan fingerprint density at radius 3 is 2.81 bits per heavy atom. The number of aryl methyl sites for hydroxylation is 1. The van der Waals surface area contributed by atoms with E-state index < -0.39 is 0 Å². The molecule has 6 heteroatoms. The normalized spacial score (nSPS) is 11.8. The van der Waals surface area contributed by atoms with Crippen LogP contribution < -0.4 is 5.73 Å². The zero-order chi connectivity index (χ0) is 11.4. The Morgan fingerprint density at radius 2 is 2.31 bits per heavy atom. The molecule has 92 valence electrons. The van der Waals surface area contributed by atoms with Gasteiger partial charge in [0.15, 0.2) is 0 Å². The highest BCUT2D eigenvalue weighted by Gasteiger charge is 2.13. The number of hydrogen-bond donors (Lipinski definition) is 2. The molecule has 0 fully saturated rings. The van der Waals surface area contributed by atoms with Gasteiger partial charge in [-0.2, -0.15) is 0 Å². The summed E-state index contributed by atoms with van der Waals surface area (Å²) in [6.45, 7) is -0.0670. The van der Waals surface area contributed by atoms with Crippen LogP contribution in [-0.2, 0) is 18.2 Å². The Labute approximate surface area is 101 Å². The maximum Gasteiger partial charge on any atom is 0.354 e. The molecule has 1 heterocycles. The van der Waals surface area contributed by atoms with E-state index in [1.807, 2.05) is 6.20 Å². The second-order valence-electron chi connectivity index (χ2n) is 3.48. The zero-order valence-corrected chi connectivity index (χ0v) is 10.2. The molecule has 0 spiro atoms. The maximum absolute atomic E-state index is 11.3. The molecule has 1 unspecified atom stereocenters. The third-order valence-corrected chi connectivity index (χ3v) is 2.19. The van der Waals surface area contributed by atoms with E-state index in [9.17, 15) is 4.79 Å². The number of aliphatic hydroxyl groups is 1. The quantitative estimate of drug-likeness (QED) is 0.741. The summed E-state index contributed by atoms with van der Waals surface area (Å²) in [5.74, 6) is -0.374. The van der Waals surface area contributed by atoms with Crippen LogP contribution in [0.25, 0.3) is 0 Å². The molecule has 0 aromatic carbocycles. The van der Waals surface area contributed by atoms with Crippen molar-refractivity contribution in [2.75, 3.05) is 13.7 Å². The highest BCUT2D eigenvalue weighted by Crippen LogP contribution is 2.10. The predicted molar refractivity (Wildman–Crippen MR) is 62.8 cm³/mol. The lowest BCUT2D eigenvalue weighted by molar-refractivity contribution is 0.0590. The van der Waals surface area contributed by atoms with Gasteiger partial charge >= 0.3 is 5.97 Å². The van der Waals surface area contributed by atoms with Crippen LogP contribution in [0.5, 0.6) is 0 Å². The van der Waals surface area contributed by atoms with Crippen molar-refractivity contribution in [2.45, 2.75) is 12.5 Å². The molecule has 3 N–H and O–H groups in total. The summed E-state index contributed by atoms with van der Waals surface area (Å²) in [6.07, 6.45) is 2.35. The molecule has 0 aliphatic rings. The highest BCUT2D eigenvalue weighted by atomic mass is 35.5. The number of halogens is 1. The van der Waals surface area contributed by atoms with Gasteiger partial charge in [0.05, 0.1) is 13.7 Å². The molecular formula is C10H17ClN2O3. The third kappa shape index (κ3) is 3.52. The average Bonchev–Trinajstić information content (AvgIpc) is 2.58. The first-order chi connectivity index (χ1) is 7.08. The Morgan fingerprint density at radius 1 is 1.69 bits per heavy atom. The van der Waals surface area contributed by atoms with Crippen molar-refractivity contribution in [3.05, 3.63) is 23.5 Å².